The van der Waals surface area contributed by atoms with E-state index in [2.05, 4.69) is 85.5 Å². The Bertz CT molecular complexity index is 1920. The maximum absolute atomic E-state index is 15.0. The van der Waals surface area contributed by atoms with Crippen LogP contribution in [0.1, 0.15) is 101 Å². The molecule has 0 N–H and O–H groups in total. The first kappa shape index (κ1) is 38.4. The van der Waals surface area contributed by atoms with Crippen molar-refractivity contribution in [2.45, 2.75) is 105 Å². The summed E-state index contributed by atoms with van der Waals surface area (Å²) in [7, 11) is 6.24. The average Bonchev–Trinajstić information content (AvgIpc) is 3.38. The van der Waals surface area contributed by atoms with Crippen molar-refractivity contribution in [2.75, 3.05) is 33.8 Å². The van der Waals surface area contributed by atoms with Gasteiger partial charge in [-0.2, -0.15) is 0 Å². The molecule has 0 unspecified atom stereocenters. The molecule has 2 amide bonds. The van der Waals surface area contributed by atoms with E-state index in [1.54, 1.807) is 0 Å². The fourth-order valence-corrected chi connectivity index (χ4v) is 8.26. The van der Waals surface area contributed by atoms with Gasteiger partial charge in [-0.05, 0) is 130 Å². The molecule has 282 valence electrons. The predicted molar refractivity (Wildman–Crippen MR) is 216 cm³/mol. The zero-order valence-electron chi connectivity index (χ0n) is 33.3. The average molecular weight is 717 g/mol. The number of ether oxygens (including phenoxy) is 1. The lowest BCUT2D eigenvalue weighted by molar-refractivity contribution is -0.131. The molecule has 0 radical (unpaired) electrons. The Morgan fingerprint density at radius 3 is 2.34 bits per heavy atom. The van der Waals surface area contributed by atoms with E-state index in [0.717, 1.165) is 85.9 Å². The summed E-state index contributed by atoms with van der Waals surface area (Å²) in [5.74, 6) is 0.966. The van der Waals surface area contributed by atoms with Crippen LogP contribution in [0, 0.1) is 6.92 Å². The van der Waals surface area contributed by atoms with Crippen molar-refractivity contribution in [3.05, 3.63) is 111 Å². The molecule has 7 heteroatoms. The summed E-state index contributed by atoms with van der Waals surface area (Å²) in [5, 5.41) is 0. The van der Waals surface area contributed by atoms with Gasteiger partial charge in [0.25, 0.3) is 5.91 Å². The van der Waals surface area contributed by atoms with Crippen LogP contribution in [0.3, 0.4) is 0 Å². The second-order valence-electron chi connectivity index (χ2n) is 15.6. The van der Waals surface area contributed by atoms with Crippen molar-refractivity contribution in [1.82, 2.24) is 19.3 Å². The molecule has 1 aromatic heterocycles. The summed E-state index contributed by atoms with van der Waals surface area (Å²) < 4.78 is 8.31. The van der Waals surface area contributed by atoms with Gasteiger partial charge in [0, 0.05) is 56.1 Å². The number of benzene rings is 3. The van der Waals surface area contributed by atoms with E-state index in [1.807, 2.05) is 43.3 Å². The highest BCUT2D eigenvalue weighted by Gasteiger charge is 2.33. The Morgan fingerprint density at radius 2 is 1.60 bits per heavy atom. The van der Waals surface area contributed by atoms with Gasteiger partial charge in [0.15, 0.2) is 0 Å². The number of carbonyl (C=O) groups is 2. The van der Waals surface area contributed by atoms with Crippen LogP contribution in [0.15, 0.2) is 60.7 Å². The number of unbranched alkanes of at least 4 members (excludes halogenated alkanes) is 2. The lowest BCUT2D eigenvalue weighted by Crippen LogP contribution is -2.43. The number of nitrogens with zero attached hydrogens (tertiary/aromatic N) is 4. The summed E-state index contributed by atoms with van der Waals surface area (Å²) >= 11 is 0. The molecule has 1 atom stereocenters. The van der Waals surface area contributed by atoms with E-state index < -0.39 is 0 Å². The molecule has 0 spiro atoms. The minimum atomic E-state index is 0.0785. The third-order valence-corrected chi connectivity index (χ3v) is 11.5. The fraction of sp³-hybridized carbons (Fsp3) is 0.478. The van der Waals surface area contributed by atoms with Gasteiger partial charge >= 0.3 is 0 Å². The molecule has 0 saturated carbocycles. The van der Waals surface area contributed by atoms with Crippen LogP contribution in [-0.2, 0) is 57.0 Å². The SMILES string of the molecule is CCCCc1c(CCCC)c(-c2cc3c(cc2C(=O)N2Cc4ccccc4C[C@H]2C)CN(C(=O)Cc2cccc(OCCN(C)C)c2)CC3)n(C)c1C. The van der Waals surface area contributed by atoms with Gasteiger partial charge < -0.3 is 24.0 Å². The van der Waals surface area contributed by atoms with Crippen molar-refractivity contribution in [3.63, 3.8) is 0 Å². The van der Waals surface area contributed by atoms with Crippen LogP contribution >= 0.6 is 0 Å². The van der Waals surface area contributed by atoms with Crippen molar-refractivity contribution in [3.8, 4) is 17.0 Å². The van der Waals surface area contributed by atoms with Gasteiger partial charge in [-0.3, -0.25) is 9.59 Å². The number of carbonyl (C=O) groups excluding carboxylic acids is 2. The lowest BCUT2D eigenvalue weighted by Gasteiger charge is -2.36. The van der Waals surface area contributed by atoms with Gasteiger partial charge in [-0.25, -0.2) is 0 Å². The number of hydrogen-bond acceptors (Lipinski definition) is 4. The first-order chi connectivity index (χ1) is 25.6. The summed E-state index contributed by atoms with van der Waals surface area (Å²) in [6, 6.07) is 21.0. The van der Waals surface area contributed by atoms with Gasteiger partial charge in [0.05, 0.1) is 12.1 Å². The van der Waals surface area contributed by atoms with Gasteiger partial charge in [-0.15, -0.1) is 0 Å². The van der Waals surface area contributed by atoms with Gasteiger partial charge in [-0.1, -0.05) is 63.1 Å². The number of likely N-dealkylation sites (N-methyl/N-ethyl adjacent to an activating group) is 1. The van der Waals surface area contributed by atoms with E-state index in [4.69, 9.17) is 4.74 Å². The Labute approximate surface area is 317 Å². The van der Waals surface area contributed by atoms with Crippen LogP contribution < -0.4 is 4.74 Å². The summed E-state index contributed by atoms with van der Waals surface area (Å²) in [6.45, 7) is 12.1. The highest BCUT2D eigenvalue weighted by molar-refractivity contribution is 6.02. The number of rotatable bonds is 14. The zero-order chi connectivity index (χ0) is 37.6. The van der Waals surface area contributed by atoms with Crippen LogP contribution in [0.2, 0.25) is 0 Å². The first-order valence-electron chi connectivity index (χ1n) is 19.9. The van der Waals surface area contributed by atoms with E-state index in [-0.39, 0.29) is 17.9 Å². The number of amides is 2. The molecule has 0 bridgehead atoms. The topological polar surface area (TPSA) is 58.0 Å². The minimum absolute atomic E-state index is 0.0785. The van der Waals surface area contributed by atoms with Gasteiger partial charge in [0.2, 0.25) is 5.91 Å². The smallest absolute Gasteiger partial charge is 0.255 e. The molecule has 0 saturated heterocycles. The molecule has 6 rings (SSSR count). The highest BCUT2D eigenvalue weighted by atomic mass is 16.5. The van der Waals surface area contributed by atoms with Crippen molar-refractivity contribution in [1.29, 1.82) is 0 Å². The first-order valence-corrected chi connectivity index (χ1v) is 19.9. The van der Waals surface area contributed by atoms with E-state index >= 15 is 4.79 Å². The third kappa shape index (κ3) is 8.56. The number of hydrogen-bond donors (Lipinski definition) is 0. The molecule has 0 aliphatic carbocycles. The van der Waals surface area contributed by atoms with Crippen LogP contribution in [0.25, 0.3) is 11.3 Å². The minimum Gasteiger partial charge on any atom is -0.492 e. The second-order valence-corrected chi connectivity index (χ2v) is 15.6. The maximum Gasteiger partial charge on any atom is 0.255 e. The molecule has 2 aliphatic heterocycles. The number of fused-ring (bicyclic) bond motifs is 2. The summed E-state index contributed by atoms with van der Waals surface area (Å²) in [6.07, 6.45) is 8.55. The maximum atomic E-state index is 15.0. The Kier molecular flexibility index (Phi) is 12.4. The zero-order valence-corrected chi connectivity index (χ0v) is 33.3. The Balaban J connectivity index is 1.36. The molecular weight excluding hydrogens is 657 g/mol. The third-order valence-electron chi connectivity index (χ3n) is 11.5. The highest BCUT2D eigenvalue weighted by Crippen LogP contribution is 2.39. The van der Waals surface area contributed by atoms with Crippen LogP contribution in [0.5, 0.6) is 5.75 Å². The normalized spacial score (nSPS) is 15.4. The monoisotopic (exact) mass is 716 g/mol. The lowest BCUT2D eigenvalue weighted by atomic mass is 9.87. The fourth-order valence-electron chi connectivity index (χ4n) is 8.26. The van der Waals surface area contributed by atoms with Crippen LogP contribution in [-0.4, -0.2) is 70.9 Å². The molecule has 0 fully saturated rings. The molecule has 53 heavy (non-hydrogen) atoms. The summed E-state index contributed by atoms with van der Waals surface area (Å²) in [5.41, 5.74) is 13.0. The standard InChI is InChI=1S/C46H60N4O3/c1-8-10-19-40-33(4)48(7)45(41(40)20-11-9-2)42-28-36-21-22-49(44(51)27-34-15-14-18-39(26-34)53-24-23-47(5)6)30-38(36)29-43(42)46(52)50-31-37-17-13-12-16-35(37)25-32(50)3/h12-18,26,28-29,32H,8-11,19-25,27,30-31H2,1-7H3/t32-/m1/s1. The Morgan fingerprint density at radius 1 is 0.868 bits per heavy atom. The molecule has 4 aromatic rings. The van der Waals surface area contributed by atoms with Crippen LogP contribution in [0.4, 0.5) is 0 Å². The Hall–Kier alpha value is -4.36. The largest absolute Gasteiger partial charge is 0.492 e. The predicted octanol–water partition coefficient (Wildman–Crippen LogP) is 8.34. The number of aromatic nitrogens is 1. The van der Waals surface area contributed by atoms with Crippen molar-refractivity contribution in [2.24, 2.45) is 7.05 Å². The van der Waals surface area contributed by atoms with E-state index in [1.165, 1.54) is 39.2 Å². The molecule has 2 aliphatic rings. The van der Waals surface area contributed by atoms with E-state index in [9.17, 15) is 4.79 Å². The second kappa shape index (κ2) is 17.2. The van der Waals surface area contributed by atoms with Crippen molar-refractivity contribution >= 4 is 11.8 Å². The molecule has 3 heterocycles. The molecule has 3 aromatic carbocycles. The van der Waals surface area contributed by atoms with E-state index in [0.29, 0.717) is 32.7 Å². The summed E-state index contributed by atoms with van der Waals surface area (Å²) in [4.78, 5) is 35.0. The molecule has 7 nitrogen and oxygen atoms in total. The van der Waals surface area contributed by atoms with Crippen molar-refractivity contribution < 1.29 is 14.3 Å². The quantitative estimate of drug-likeness (QED) is 0.132. The van der Waals surface area contributed by atoms with Gasteiger partial charge in [0.1, 0.15) is 12.4 Å². The molecular formula is C46H60N4O3.